The molecule has 5 nitrogen and oxygen atoms in total. The number of nitrogens with two attached hydrogens (primary N) is 1. The molecule has 0 fully saturated rings. The Labute approximate surface area is 96.1 Å². The van der Waals surface area contributed by atoms with Gasteiger partial charge in [0.25, 0.3) is 0 Å². The van der Waals surface area contributed by atoms with E-state index in [1.165, 1.54) is 11.3 Å². The zero-order chi connectivity index (χ0) is 11.4. The predicted molar refractivity (Wildman–Crippen MR) is 64.2 cm³/mol. The van der Waals surface area contributed by atoms with E-state index in [0.29, 0.717) is 12.5 Å². The molecule has 1 aliphatic heterocycles. The fraction of sp³-hybridized carbons (Fsp3) is 0.636. The van der Waals surface area contributed by atoms with E-state index in [-0.39, 0.29) is 0 Å². The van der Waals surface area contributed by atoms with Crippen molar-refractivity contribution in [3.63, 3.8) is 0 Å². The van der Waals surface area contributed by atoms with E-state index >= 15 is 0 Å². The SMILES string of the molecule is CCN1CCc2nc(NCCN)ncc2C1. The summed E-state index contributed by atoms with van der Waals surface area (Å²) in [7, 11) is 0. The highest BCUT2D eigenvalue weighted by Gasteiger charge is 2.16. The zero-order valence-electron chi connectivity index (χ0n) is 9.74. The van der Waals surface area contributed by atoms with Crippen molar-refractivity contribution in [3.05, 3.63) is 17.5 Å². The Morgan fingerprint density at radius 1 is 1.56 bits per heavy atom. The van der Waals surface area contributed by atoms with Crippen molar-refractivity contribution in [1.29, 1.82) is 0 Å². The number of likely N-dealkylation sites (N-methyl/N-ethyl adjacent to an activating group) is 1. The highest BCUT2D eigenvalue weighted by molar-refractivity contribution is 5.30. The topological polar surface area (TPSA) is 67.1 Å². The van der Waals surface area contributed by atoms with Gasteiger partial charge in [-0.15, -0.1) is 0 Å². The van der Waals surface area contributed by atoms with Crippen LogP contribution in [-0.2, 0) is 13.0 Å². The van der Waals surface area contributed by atoms with Crippen LogP contribution in [0, 0.1) is 0 Å². The van der Waals surface area contributed by atoms with Crippen LogP contribution in [0.15, 0.2) is 6.20 Å². The summed E-state index contributed by atoms with van der Waals surface area (Å²) in [5.41, 5.74) is 7.86. The molecule has 0 amide bonds. The van der Waals surface area contributed by atoms with Crippen LogP contribution in [0.1, 0.15) is 18.2 Å². The summed E-state index contributed by atoms with van der Waals surface area (Å²) < 4.78 is 0. The first-order valence-corrected chi connectivity index (χ1v) is 5.84. The van der Waals surface area contributed by atoms with E-state index < -0.39 is 0 Å². The Kier molecular flexibility index (Phi) is 3.69. The Hall–Kier alpha value is -1.20. The standard InChI is InChI=1S/C11H19N5/c1-2-16-6-3-10-9(8-16)7-14-11(15-10)13-5-4-12/h7H,2-6,8,12H2,1H3,(H,13,14,15). The third kappa shape index (κ3) is 2.48. The molecule has 0 aliphatic carbocycles. The number of hydrogen-bond donors (Lipinski definition) is 2. The molecule has 2 rings (SSSR count). The van der Waals surface area contributed by atoms with Gasteiger partial charge in [-0.2, -0.15) is 0 Å². The molecule has 0 atom stereocenters. The molecule has 1 aromatic rings. The molecule has 88 valence electrons. The molecule has 2 heterocycles. The summed E-state index contributed by atoms with van der Waals surface area (Å²) in [5.74, 6) is 0.703. The van der Waals surface area contributed by atoms with Gasteiger partial charge in [0.05, 0.1) is 5.69 Å². The highest BCUT2D eigenvalue weighted by atomic mass is 15.1. The molecule has 0 saturated carbocycles. The van der Waals surface area contributed by atoms with E-state index in [1.807, 2.05) is 6.20 Å². The number of hydrogen-bond acceptors (Lipinski definition) is 5. The third-order valence-corrected chi connectivity index (χ3v) is 2.89. The number of aromatic nitrogens is 2. The van der Waals surface area contributed by atoms with Crippen molar-refractivity contribution in [2.45, 2.75) is 19.9 Å². The summed E-state index contributed by atoms with van der Waals surface area (Å²) in [6, 6.07) is 0. The van der Waals surface area contributed by atoms with Crippen LogP contribution in [0.4, 0.5) is 5.95 Å². The number of nitrogens with one attached hydrogen (secondary N) is 1. The van der Waals surface area contributed by atoms with Crippen molar-refractivity contribution in [2.24, 2.45) is 5.73 Å². The maximum atomic E-state index is 5.43. The average Bonchev–Trinajstić information content (AvgIpc) is 2.35. The van der Waals surface area contributed by atoms with Crippen LogP contribution >= 0.6 is 0 Å². The van der Waals surface area contributed by atoms with Gasteiger partial charge in [-0.3, -0.25) is 4.90 Å². The van der Waals surface area contributed by atoms with Gasteiger partial charge >= 0.3 is 0 Å². The minimum absolute atomic E-state index is 0.601. The lowest BCUT2D eigenvalue weighted by Gasteiger charge is -2.26. The minimum atomic E-state index is 0.601. The van der Waals surface area contributed by atoms with Gasteiger partial charge in [0.2, 0.25) is 5.95 Å². The minimum Gasteiger partial charge on any atom is -0.353 e. The van der Waals surface area contributed by atoms with Gasteiger partial charge in [0.1, 0.15) is 0 Å². The average molecular weight is 221 g/mol. The Morgan fingerprint density at radius 2 is 2.44 bits per heavy atom. The van der Waals surface area contributed by atoms with Crippen molar-refractivity contribution < 1.29 is 0 Å². The monoisotopic (exact) mass is 221 g/mol. The third-order valence-electron chi connectivity index (χ3n) is 2.89. The Morgan fingerprint density at radius 3 is 3.19 bits per heavy atom. The molecule has 0 bridgehead atoms. The van der Waals surface area contributed by atoms with Crippen LogP contribution in [0.2, 0.25) is 0 Å². The van der Waals surface area contributed by atoms with E-state index in [0.717, 1.165) is 32.6 Å². The van der Waals surface area contributed by atoms with E-state index in [4.69, 9.17) is 5.73 Å². The van der Waals surface area contributed by atoms with Gasteiger partial charge in [0.15, 0.2) is 0 Å². The molecular weight excluding hydrogens is 202 g/mol. The molecule has 0 saturated heterocycles. The summed E-state index contributed by atoms with van der Waals surface area (Å²) >= 11 is 0. The van der Waals surface area contributed by atoms with Crippen LogP contribution in [0.3, 0.4) is 0 Å². The predicted octanol–water partition coefficient (Wildman–Crippen LogP) is 0.225. The second kappa shape index (κ2) is 5.23. The van der Waals surface area contributed by atoms with Crippen LogP contribution in [-0.4, -0.2) is 41.0 Å². The summed E-state index contributed by atoms with van der Waals surface area (Å²) in [6.45, 7) is 6.67. The van der Waals surface area contributed by atoms with Gasteiger partial charge in [-0.1, -0.05) is 6.92 Å². The quantitative estimate of drug-likeness (QED) is 0.761. The fourth-order valence-electron chi connectivity index (χ4n) is 1.91. The van der Waals surface area contributed by atoms with Crippen LogP contribution in [0.25, 0.3) is 0 Å². The lowest BCUT2D eigenvalue weighted by molar-refractivity contribution is 0.265. The molecule has 0 spiro atoms. The largest absolute Gasteiger partial charge is 0.353 e. The second-order valence-corrected chi connectivity index (χ2v) is 4.00. The van der Waals surface area contributed by atoms with E-state index in [2.05, 4.69) is 27.1 Å². The maximum absolute atomic E-state index is 5.43. The first-order chi connectivity index (χ1) is 7.83. The molecule has 16 heavy (non-hydrogen) atoms. The molecule has 0 radical (unpaired) electrons. The first kappa shape index (κ1) is 11.3. The van der Waals surface area contributed by atoms with Crippen molar-refractivity contribution in [3.8, 4) is 0 Å². The Bertz CT molecular complexity index is 352. The smallest absolute Gasteiger partial charge is 0.222 e. The van der Waals surface area contributed by atoms with Gasteiger partial charge < -0.3 is 11.1 Å². The normalized spacial score (nSPS) is 15.9. The molecule has 0 aromatic carbocycles. The van der Waals surface area contributed by atoms with Gasteiger partial charge in [-0.05, 0) is 6.54 Å². The van der Waals surface area contributed by atoms with E-state index in [9.17, 15) is 0 Å². The maximum Gasteiger partial charge on any atom is 0.222 e. The van der Waals surface area contributed by atoms with Crippen LogP contribution in [0.5, 0.6) is 0 Å². The van der Waals surface area contributed by atoms with Gasteiger partial charge in [0, 0.05) is 44.4 Å². The Balaban J connectivity index is 2.08. The van der Waals surface area contributed by atoms with Crippen molar-refractivity contribution in [2.75, 3.05) is 31.5 Å². The molecular formula is C11H19N5. The van der Waals surface area contributed by atoms with Crippen molar-refractivity contribution in [1.82, 2.24) is 14.9 Å². The summed E-state index contributed by atoms with van der Waals surface area (Å²) in [4.78, 5) is 11.2. The fourth-order valence-corrected chi connectivity index (χ4v) is 1.91. The molecule has 1 aromatic heterocycles. The zero-order valence-corrected chi connectivity index (χ0v) is 9.74. The highest BCUT2D eigenvalue weighted by Crippen LogP contribution is 2.16. The number of fused-ring (bicyclic) bond motifs is 1. The van der Waals surface area contributed by atoms with Crippen molar-refractivity contribution >= 4 is 5.95 Å². The number of anilines is 1. The van der Waals surface area contributed by atoms with Gasteiger partial charge in [-0.25, -0.2) is 9.97 Å². The lowest BCUT2D eigenvalue weighted by Crippen LogP contribution is -2.31. The summed E-state index contributed by atoms with van der Waals surface area (Å²) in [5, 5.41) is 3.11. The molecule has 1 aliphatic rings. The lowest BCUT2D eigenvalue weighted by atomic mass is 10.1. The van der Waals surface area contributed by atoms with E-state index in [1.54, 1.807) is 0 Å². The molecule has 0 unspecified atom stereocenters. The first-order valence-electron chi connectivity index (χ1n) is 5.84. The molecule has 3 N–H and O–H groups in total. The van der Waals surface area contributed by atoms with Crippen LogP contribution < -0.4 is 11.1 Å². The summed E-state index contributed by atoms with van der Waals surface area (Å²) in [6.07, 6.45) is 2.95. The second-order valence-electron chi connectivity index (χ2n) is 4.00. The number of nitrogens with zero attached hydrogens (tertiary/aromatic N) is 3. The number of rotatable bonds is 4. The molecule has 5 heteroatoms.